The Morgan fingerprint density at radius 3 is 2.82 bits per heavy atom. The predicted octanol–water partition coefficient (Wildman–Crippen LogP) is 5.03. The van der Waals surface area contributed by atoms with Gasteiger partial charge in [-0.1, -0.05) is 30.3 Å². The number of hydrogen-bond donors (Lipinski definition) is 1. The number of benzene rings is 2. The number of amides is 1. The minimum atomic E-state index is -0.0513. The van der Waals surface area contributed by atoms with Crippen molar-refractivity contribution in [2.45, 2.75) is 12.5 Å². The maximum absolute atomic E-state index is 13.5. The van der Waals surface area contributed by atoms with E-state index in [4.69, 9.17) is 4.74 Å². The van der Waals surface area contributed by atoms with E-state index in [1.54, 1.807) is 18.4 Å². The molecule has 0 unspecified atom stereocenters. The van der Waals surface area contributed by atoms with E-state index in [1.807, 2.05) is 47.4 Å². The molecule has 4 aromatic rings. The van der Waals surface area contributed by atoms with Gasteiger partial charge in [0.2, 0.25) is 0 Å². The van der Waals surface area contributed by atoms with Crippen LogP contribution >= 0.6 is 11.3 Å². The lowest BCUT2D eigenvalue weighted by Gasteiger charge is -2.36. The van der Waals surface area contributed by atoms with Crippen molar-refractivity contribution >= 4 is 28.1 Å². The van der Waals surface area contributed by atoms with Crippen molar-refractivity contribution < 1.29 is 9.53 Å². The smallest absolute Gasteiger partial charge is 0.271 e. The third kappa shape index (κ3) is 2.79. The van der Waals surface area contributed by atoms with Crippen molar-refractivity contribution in [3.8, 4) is 5.75 Å². The molecule has 1 aliphatic rings. The zero-order chi connectivity index (χ0) is 19.1. The Balaban J connectivity index is 1.56. The monoisotopic (exact) mass is 388 g/mol. The lowest BCUT2D eigenvalue weighted by atomic mass is 9.93. The van der Waals surface area contributed by atoms with Crippen LogP contribution < -0.4 is 4.74 Å². The number of methoxy groups -OCH3 is 1. The Bertz CT molecular complexity index is 1150. The van der Waals surface area contributed by atoms with Gasteiger partial charge in [-0.2, -0.15) is 0 Å². The maximum Gasteiger partial charge on any atom is 0.271 e. The predicted molar refractivity (Wildman–Crippen MR) is 112 cm³/mol. The first-order valence-corrected chi connectivity index (χ1v) is 10.2. The lowest BCUT2D eigenvalue weighted by Crippen LogP contribution is -2.40. The molecule has 1 N–H and O–H groups in total. The van der Waals surface area contributed by atoms with Gasteiger partial charge in [0.05, 0.1) is 13.2 Å². The van der Waals surface area contributed by atoms with Crippen molar-refractivity contribution in [3.63, 3.8) is 0 Å². The van der Waals surface area contributed by atoms with Crippen molar-refractivity contribution in [1.82, 2.24) is 9.88 Å². The molecule has 0 radical (unpaired) electrons. The molecule has 0 spiro atoms. The van der Waals surface area contributed by atoms with Gasteiger partial charge in [0.15, 0.2) is 0 Å². The highest BCUT2D eigenvalue weighted by atomic mass is 32.1. The van der Waals surface area contributed by atoms with Crippen LogP contribution in [0.1, 0.15) is 32.5 Å². The van der Waals surface area contributed by atoms with Gasteiger partial charge in [0, 0.05) is 28.4 Å². The second-order valence-corrected chi connectivity index (χ2v) is 8.00. The van der Waals surface area contributed by atoms with Crippen LogP contribution in [0, 0.1) is 0 Å². The summed E-state index contributed by atoms with van der Waals surface area (Å²) in [4.78, 5) is 20.2. The summed E-state index contributed by atoms with van der Waals surface area (Å²) < 4.78 is 5.30. The summed E-state index contributed by atoms with van der Waals surface area (Å²) in [6, 6.07) is 20.1. The molecule has 1 amide bonds. The molecule has 2 aromatic carbocycles. The van der Waals surface area contributed by atoms with Gasteiger partial charge in [-0.15, -0.1) is 11.3 Å². The summed E-state index contributed by atoms with van der Waals surface area (Å²) in [5, 5.41) is 3.14. The number of aromatic nitrogens is 1. The molecule has 0 saturated heterocycles. The third-order valence-electron chi connectivity index (χ3n) is 5.40. The van der Waals surface area contributed by atoms with E-state index in [9.17, 15) is 4.79 Å². The first-order chi connectivity index (χ1) is 13.7. The number of carbonyl (C=O) groups is 1. The quantitative estimate of drug-likeness (QED) is 0.535. The van der Waals surface area contributed by atoms with Crippen LogP contribution in [0.4, 0.5) is 0 Å². The number of carbonyl (C=O) groups excluding carboxylic acids is 1. The fraction of sp³-hybridized carbons (Fsp3) is 0.174. The van der Waals surface area contributed by atoms with Crippen molar-refractivity contribution in [3.05, 3.63) is 87.7 Å². The Hall–Kier alpha value is -3.05. The van der Waals surface area contributed by atoms with Crippen LogP contribution in [-0.4, -0.2) is 29.4 Å². The second kappa shape index (κ2) is 6.84. The number of hydrogen-bond acceptors (Lipinski definition) is 3. The number of rotatable bonds is 3. The van der Waals surface area contributed by atoms with E-state index in [2.05, 4.69) is 28.6 Å². The van der Waals surface area contributed by atoms with E-state index in [-0.39, 0.29) is 11.9 Å². The van der Waals surface area contributed by atoms with Gasteiger partial charge < -0.3 is 14.6 Å². The van der Waals surface area contributed by atoms with Crippen LogP contribution in [0.15, 0.2) is 66.0 Å². The average molecular weight is 388 g/mol. The van der Waals surface area contributed by atoms with Crippen LogP contribution in [0.2, 0.25) is 0 Å². The fourth-order valence-electron chi connectivity index (χ4n) is 4.03. The highest BCUT2D eigenvalue weighted by molar-refractivity contribution is 7.10. The molecule has 0 saturated carbocycles. The van der Waals surface area contributed by atoms with Crippen molar-refractivity contribution in [2.75, 3.05) is 13.7 Å². The molecule has 0 bridgehead atoms. The van der Waals surface area contributed by atoms with Crippen LogP contribution in [0.5, 0.6) is 5.75 Å². The Morgan fingerprint density at radius 1 is 1.14 bits per heavy atom. The average Bonchev–Trinajstić information content (AvgIpc) is 3.39. The minimum absolute atomic E-state index is 0.0286. The van der Waals surface area contributed by atoms with Gasteiger partial charge in [-0.25, -0.2) is 0 Å². The maximum atomic E-state index is 13.5. The molecule has 1 aliphatic heterocycles. The Kier molecular flexibility index (Phi) is 4.17. The summed E-state index contributed by atoms with van der Waals surface area (Å²) in [5.41, 5.74) is 3.91. The molecule has 5 rings (SSSR count). The van der Waals surface area contributed by atoms with E-state index >= 15 is 0 Å². The molecule has 0 fully saturated rings. The molecule has 5 heteroatoms. The summed E-state index contributed by atoms with van der Waals surface area (Å²) in [6.45, 7) is 0.713. The zero-order valence-electron chi connectivity index (χ0n) is 15.5. The summed E-state index contributed by atoms with van der Waals surface area (Å²) in [7, 11) is 1.65. The zero-order valence-corrected chi connectivity index (χ0v) is 16.3. The van der Waals surface area contributed by atoms with E-state index in [1.165, 1.54) is 10.4 Å². The first kappa shape index (κ1) is 17.1. The van der Waals surface area contributed by atoms with Gasteiger partial charge in [-0.3, -0.25) is 4.79 Å². The minimum Gasteiger partial charge on any atom is -0.497 e. The van der Waals surface area contributed by atoms with Crippen LogP contribution in [0.25, 0.3) is 10.9 Å². The summed E-state index contributed by atoms with van der Waals surface area (Å²) >= 11 is 1.78. The van der Waals surface area contributed by atoms with Gasteiger partial charge >= 0.3 is 0 Å². The van der Waals surface area contributed by atoms with Crippen LogP contribution in [-0.2, 0) is 6.42 Å². The Labute approximate surface area is 167 Å². The molecular weight excluding hydrogens is 368 g/mol. The molecule has 1 atom stereocenters. The molecular formula is C23H20N2O2S. The van der Waals surface area contributed by atoms with Gasteiger partial charge in [0.25, 0.3) is 5.91 Å². The number of nitrogens with one attached hydrogen (secondary N) is 1. The molecule has 3 heterocycles. The fourth-order valence-corrected chi connectivity index (χ4v) is 4.94. The summed E-state index contributed by atoms with van der Waals surface area (Å²) in [6.07, 6.45) is 0.899. The topological polar surface area (TPSA) is 45.3 Å². The van der Waals surface area contributed by atoms with E-state index in [0.717, 1.165) is 28.6 Å². The standard InChI is InChI=1S/C23H20N2O2S/c1-27-17-8-7-16-13-20(24-19(16)14-17)23(26)25-11-9-21-18(10-12-28-21)22(25)15-5-3-2-4-6-15/h2-8,10,12-14,22,24H,9,11H2,1H3/t22-/m0/s1. The highest BCUT2D eigenvalue weighted by Crippen LogP contribution is 2.38. The van der Waals surface area contributed by atoms with Crippen LogP contribution in [0.3, 0.4) is 0 Å². The van der Waals surface area contributed by atoms with Gasteiger partial charge in [-0.05, 0) is 47.2 Å². The van der Waals surface area contributed by atoms with E-state index in [0.29, 0.717) is 12.2 Å². The first-order valence-electron chi connectivity index (χ1n) is 9.33. The Morgan fingerprint density at radius 2 is 2.00 bits per heavy atom. The lowest BCUT2D eigenvalue weighted by molar-refractivity contribution is 0.0691. The molecule has 0 aliphatic carbocycles. The molecule has 2 aromatic heterocycles. The van der Waals surface area contributed by atoms with Crippen molar-refractivity contribution in [1.29, 1.82) is 0 Å². The largest absolute Gasteiger partial charge is 0.497 e. The number of ether oxygens (including phenoxy) is 1. The summed E-state index contributed by atoms with van der Waals surface area (Å²) in [5.74, 6) is 0.803. The number of aromatic amines is 1. The van der Waals surface area contributed by atoms with Crippen molar-refractivity contribution in [2.24, 2.45) is 0 Å². The molecule has 4 nitrogen and oxygen atoms in total. The number of H-pyrrole nitrogens is 1. The number of thiophene rings is 1. The normalized spacial score (nSPS) is 16.2. The number of fused-ring (bicyclic) bond motifs is 2. The van der Waals surface area contributed by atoms with Gasteiger partial charge in [0.1, 0.15) is 11.4 Å². The van der Waals surface area contributed by atoms with E-state index < -0.39 is 0 Å². The SMILES string of the molecule is COc1ccc2cc(C(=O)N3CCc4sccc4[C@@H]3c3ccccc3)[nH]c2c1. The third-order valence-corrected chi connectivity index (χ3v) is 6.40. The number of nitrogens with zero attached hydrogens (tertiary/aromatic N) is 1. The molecule has 140 valence electrons. The second-order valence-electron chi connectivity index (χ2n) is 7.00. The highest BCUT2D eigenvalue weighted by Gasteiger charge is 2.33. The molecule has 28 heavy (non-hydrogen) atoms.